The van der Waals surface area contributed by atoms with Crippen LogP contribution in [0.2, 0.25) is 5.04 Å². The molecule has 0 amide bonds. The Morgan fingerprint density at radius 3 is 1.91 bits per heavy atom. The lowest BCUT2D eigenvalue weighted by Crippen LogP contribution is -2.60. The molecule has 1 rings (SSSR count). The molecule has 1 heterocycles. The Hall–Kier alpha value is -0.473. The lowest BCUT2D eigenvalue weighted by molar-refractivity contribution is -0.144. The number of carbonyl (C=O) groups is 1. The Kier molecular flexibility index (Phi) is 7.47. The van der Waals surface area contributed by atoms with Crippen LogP contribution >= 0.6 is 0 Å². The van der Waals surface area contributed by atoms with Crippen molar-refractivity contribution in [1.82, 2.24) is 4.90 Å². The maximum atomic E-state index is 12.2. The van der Waals surface area contributed by atoms with Crippen molar-refractivity contribution >= 4 is 14.8 Å². The van der Waals surface area contributed by atoms with E-state index in [0.717, 1.165) is 13.1 Å². The second-order valence-corrected chi connectivity index (χ2v) is 8.63. The number of carboxylic acid groups (broad SMARTS) is 1. The van der Waals surface area contributed by atoms with E-state index in [1.54, 1.807) is 0 Å². The van der Waals surface area contributed by atoms with Gasteiger partial charge in [0.05, 0.1) is 0 Å². The minimum absolute atomic E-state index is 0.390. The second kappa shape index (κ2) is 8.40. The summed E-state index contributed by atoms with van der Waals surface area (Å²) in [5, 5.41) is 8.93. The number of nitrogens with zero attached hydrogens (tertiary/aromatic N) is 1. The molecule has 0 saturated carbocycles. The molecule has 6 nitrogen and oxygen atoms in total. The summed E-state index contributed by atoms with van der Waals surface area (Å²) in [5.74, 6) is -0.869. The van der Waals surface area contributed by atoms with E-state index in [-0.39, 0.29) is 0 Å². The average Bonchev–Trinajstić information content (AvgIpc) is 3.16. The van der Waals surface area contributed by atoms with Crippen LogP contribution in [0.4, 0.5) is 0 Å². The normalized spacial score (nSPS) is 24.0. The van der Waals surface area contributed by atoms with Crippen LogP contribution in [-0.4, -0.2) is 63.7 Å². The maximum absolute atomic E-state index is 12.2. The Bertz CT molecular complexity index is 351. The van der Waals surface area contributed by atoms with E-state index in [0.29, 0.717) is 38.7 Å². The summed E-state index contributed by atoms with van der Waals surface area (Å²) >= 11 is 0. The van der Waals surface area contributed by atoms with E-state index in [1.165, 1.54) is 0 Å². The molecule has 7 heteroatoms. The third kappa shape index (κ3) is 3.89. The molecule has 0 aliphatic carbocycles. The summed E-state index contributed by atoms with van der Waals surface area (Å²) < 4.78 is 17.7. The Morgan fingerprint density at radius 2 is 1.64 bits per heavy atom. The first-order valence-corrected chi connectivity index (χ1v) is 10.0. The topological polar surface area (TPSA) is 68.0 Å². The van der Waals surface area contributed by atoms with Crippen molar-refractivity contribution in [2.24, 2.45) is 0 Å². The van der Waals surface area contributed by atoms with Gasteiger partial charge in [-0.05, 0) is 47.1 Å². The van der Waals surface area contributed by atoms with Crippen molar-refractivity contribution in [2.45, 2.75) is 58.5 Å². The fourth-order valence-corrected chi connectivity index (χ4v) is 6.32. The van der Waals surface area contributed by atoms with Gasteiger partial charge in [-0.25, -0.2) is 0 Å². The molecule has 3 atom stereocenters. The van der Waals surface area contributed by atoms with Gasteiger partial charge in [-0.2, -0.15) is 0 Å². The molecular weight excluding hydrogens is 302 g/mol. The third-order valence-corrected chi connectivity index (χ3v) is 8.41. The van der Waals surface area contributed by atoms with Crippen molar-refractivity contribution in [1.29, 1.82) is 0 Å². The average molecular weight is 334 g/mol. The highest BCUT2D eigenvalue weighted by Gasteiger charge is 2.65. The van der Waals surface area contributed by atoms with Crippen molar-refractivity contribution in [3.63, 3.8) is 0 Å². The monoisotopic (exact) mass is 333 g/mol. The van der Waals surface area contributed by atoms with Crippen molar-refractivity contribution in [3.05, 3.63) is 0 Å². The van der Waals surface area contributed by atoms with Crippen LogP contribution in [-0.2, 0) is 18.1 Å². The predicted molar refractivity (Wildman–Crippen MR) is 86.9 cm³/mol. The summed E-state index contributed by atoms with van der Waals surface area (Å²) in [6.07, 6.45) is 0.937. The van der Waals surface area contributed by atoms with E-state index < -0.39 is 19.8 Å². The fourth-order valence-electron chi connectivity index (χ4n) is 2.98. The maximum Gasteiger partial charge on any atom is 0.519 e. The minimum atomic E-state index is -3.33. The molecular formula is C15H31NO5Si. The molecule has 1 N–H and O–H groups in total. The van der Waals surface area contributed by atoms with Crippen molar-refractivity contribution in [3.8, 4) is 0 Å². The molecule has 1 aliphatic heterocycles. The van der Waals surface area contributed by atoms with Gasteiger partial charge < -0.3 is 18.4 Å². The fraction of sp³-hybridized carbons (Fsp3) is 0.933. The third-order valence-electron chi connectivity index (χ3n) is 4.42. The van der Waals surface area contributed by atoms with Crippen LogP contribution in [0, 0.1) is 0 Å². The Morgan fingerprint density at radius 1 is 1.18 bits per heavy atom. The molecule has 0 spiro atoms. The van der Waals surface area contributed by atoms with Crippen LogP contribution in [0.1, 0.15) is 47.5 Å². The van der Waals surface area contributed by atoms with Crippen molar-refractivity contribution in [2.75, 3.05) is 32.9 Å². The molecule has 3 unspecified atom stereocenters. The zero-order chi connectivity index (χ0) is 16.8. The summed E-state index contributed by atoms with van der Waals surface area (Å²) in [6, 6.07) is 0.547. The molecule has 1 saturated heterocycles. The molecule has 130 valence electrons. The van der Waals surface area contributed by atoms with Crippen LogP contribution in [0.3, 0.4) is 0 Å². The van der Waals surface area contributed by atoms with Gasteiger partial charge in [0.15, 0.2) is 0 Å². The first kappa shape index (κ1) is 19.6. The molecule has 0 aromatic carbocycles. The molecule has 0 radical (unpaired) electrons. The first-order valence-electron chi connectivity index (χ1n) is 8.32. The van der Waals surface area contributed by atoms with E-state index in [9.17, 15) is 9.90 Å². The number of rotatable bonds is 12. The largest absolute Gasteiger partial charge is 0.519 e. The van der Waals surface area contributed by atoms with Gasteiger partial charge in [0.2, 0.25) is 0 Å². The zero-order valence-corrected chi connectivity index (χ0v) is 15.6. The van der Waals surface area contributed by atoms with Gasteiger partial charge in [-0.1, -0.05) is 6.92 Å². The van der Waals surface area contributed by atoms with Crippen molar-refractivity contribution < 1.29 is 23.2 Å². The molecule has 0 bridgehead atoms. The highest BCUT2D eigenvalue weighted by Crippen LogP contribution is 2.47. The lowest BCUT2D eigenvalue weighted by Gasteiger charge is -2.42. The van der Waals surface area contributed by atoms with Crippen LogP contribution in [0.15, 0.2) is 0 Å². The quantitative estimate of drug-likeness (QED) is 0.437. The summed E-state index contributed by atoms with van der Waals surface area (Å²) in [5.41, 5.74) is 0. The number of hydrogen-bond donors (Lipinski definition) is 1. The number of carboxylic acids is 1. The second-order valence-electron chi connectivity index (χ2n) is 5.69. The first-order chi connectivity index (χ1) is 10.4. The Balaban J connectivity index is 3.11. The summed E-state index contributed by atoms with van der Waals surface area (Å²) in [4.78, 5) is 14.5. The van der Waals surface area contributed by atoms with E-state index >= 15 is 0 Å². The minimum Gasteiger partial charge on any atom is -0.481 e. The molecule has 1 aliphatic rings. The standard InChI is InChI=1S/C15H31NO5Si/c1-6-15(14(17)18,10-11-16-12-13(16)5)22(19-7-2,20-8-3)21-9-4/h13H,6-12H2,1-5H3,(H,17,18). The number of hydrogen-bond acceptors (Lipinski definition) is 5. The molecule has 22 heavy (non-hydrogen) atoms. The highest BCUT2D eigenvalue weighted by atomic mass is 28.4. The molecule has 1 fully saturated rings. The lowest BCUT2D eigenvalue weighted by atomic mass is 10.0. The van der Waals surface area contributed by atoms with Gasteiger partial charge >= 0.3 is 14.8 Å². The van der Waals surface area contributed by atoms with Crippen LogP contribution in [0.5, 0.6) is 0 Å². The van der Waals surface area contributed by atoms with Gasteiger partial charge in [0.1, 0.15) is 5.04 Å². The summed E-state index contributed by atoms with van der Waals surface area (Å²) in [6.45, 7) is 12.5. The number of aliphatic carboxylic acids is 1. The molecule has 0 aromatic rings. The van der Waals surface area contributed by atoms with E-state index in [1.807, 2.05) is 27.7 Å². The van der Waals surface area contributed by atoms with Gasteiger partial charge in [-0.3, -0.25) is 9.69 Å². The van der Waals surface area contributed by atoms with Gasteiger partial charge in [0, 0.05) is 32.4 Å². The van der Waals surface area contributed by atoms with Crippen LogP contribution < -0.4 is 0 Å². The van der Waals surface area contributed by atoms with Gasteiger partial charge in [-0.15, -0.1) is 0 Å². The SMILES string of the molecule is CCO[Si](OCC)(OCC)C(CC)(CCN1CC1C)C(=O)O. The smallest absolute Gasteiger partial charge is 0.481 e. The van der Waals surface area contributed by atoms with Crippen LogP contribution in [0.25, 0.3) is 0 Å². The van der Waals surface area contributed by atoms with Gasteiger partial charge in [0.25, 0.3) is 0 Å². The highest BCUT2D eigenvalue weighted by molar-refractivity contribution is 6.68. The van der Waals surface area contributed by atoms with E-state index in [2.05, 4.69) is 11.8 Å². The van der Waals surface area contributed by atoms with E-state index in [4.69, 9.17) is 13.3 Å². The predicted octanol–water partition coefficient (Wildman–Crippen LogP) is 2.36. The summed E-state index contributed by atoms with van der Waals surface area (Å²) in [7, 11) is -3.33. The zero-order valence-electron chi connectivity index (χ0n) is 14.6. The Labute approximate surface area is 135 Å². The molecule has 0 aromatic heterocycles.